The van der Waals surface area contributed by atoms with E-state index in [-0.39, 0.29) is 11.6 Å². The Morgan fingerprint density at radius 2 is 1.88 bits per heavy atom. The van der Waals surface area contributed by atoms with Crippen molar-refractivity contribution in [2.75, 3.05) is 12.4 Å². The van der Waals surface area contributed by atoms with Crippen molar-refractivity contribution in [1.82, 2.24) is 28.9 Å². The zero-order valence-electron chi connectivity index (χ0n) is 19.4. The first kappa shape index (κ1) is 21.4. The van der Waals surface area contributed by atoms with E-state index in [2.05, 4.69) is 20.4 Å². The van der Waals surface area contributed by atoms with Crippen molar-refractivity contribution in [3.8, 4) is 22.7 Å². The molecule has 1 amide bonds. The maximum atomic E-state index is 13.3. The number of imidazole rings is 1. The number of carbonyl (C=O) groups excluding carboxylic acids is 1. The number of rotatable bonds is 4. The Bertz CT molecular complexity index is 1660. The number of nitrogens with one attached hydrogen (secondary N) is 1. The van der Waals surface area contributed by atoms with Crippen LogP contribution in [0.3, 0.4) is 0 Å². The number of pyridine rings is 2. The van der Waals surface area contributed by atoms with E-state index in [1.165, 1.54) is 14.0 Å². The number of benzene rings is 1. The second-order valence-electron chi connectivity index (χ2n) is 8.14. The van der Waals surface area contributed by atoms with E-state index in [4.69, 9.17) is 4.74 Å². The summed E-state index contributed by atoms with van der Waals surface area (Å²) < 4.78 is 10.2. The van der Waals surface area contributed by atoms with Crippen LogP contribution in [0.15, 0.2) is 47.7 Å². The molecule has 4 heterocycles. The van der Waals surface area contributed by atoms with E-state index in [0.717, 1.165) is 38.9 Å². The zero-order chi connectivity index (χ0) is 24.1. The first-order valence-electron chi connectivity index (χ1n) is 10.6. The highest BCUT2D eigenvalue weighted by Gasteiger charge is 2.19. The lowest BCUT2D eigenvalue weighted by Crippen LogP contribution is -2.21. The number of nitrogens with zero attached hydrogens (tertiary/aromatic N) is 6. The predicted octanol–water partition coefficient (Wildman–Crippen LogP) is 2.95. The van der Waals surface area contributed by atoms with Crippen molar-refractivity contribution in [1.29, 1.82) is 0 Å². The molecule has 0 saturated carbocycles. The number of fused-ring (bicyclic) bond motifs is 3. The first-order valence-corrected chi connectivity index (χ1v) is 10.6. The average Bonchev–Trinajstić information content (AvgIpc) is 3.27. The fourth-order valence-corrected chi connectivity index (χ4v) is 4.26. The Morgan fingerprint density at radius 1 is 1.09 bits per heavy atom. The van der Waals surface area contributed by atoms with E-state index in [1.54, 1.807) is 33.3 Å². The molecule has 0 bridgehead atoms. The third-order valence-corrected chi connectivity index (χ3v) is 5.80. The standard InChI is InChI=1S/C24H23N7O3/c1-13-21(12-29(3)28-13)31-22-17-8-15(6-7-18(17)25-11-20(22)30(4)24(31)33)16-9-19(27-14(2)32)23(34-5)26-10-16/h6-12H,1-5H3,(H,27,32). The summed E-state index contributed by atoms with van der Waals surface area (Å²) >= 11 is 0. The van der Waals surface area contributed by atoms with Crippen LogP contribution in [0.5, 0.6) is 5.88 Å². The van der Waals surface area contributed by atoms with Crippen LogP contribution in [0.1, 0.15) is 12.6 Å². The number of anilines is 1. The second-order valence-corrected chi connectivity index (χ2v) is 8.14. The van der Waals surface area contributed by atoms with Gasteiger partial charge in [-0.1, -0.05) is 6.07 Å². The van der Waals surface area contributed by atoms with Crippen LogP contribution in [-0.4, -0.2) is 41.9 Å². The topological polar surface area (TPSA) is 109 Å². The number of aromatic nitrogens is 6. The summed E-state index contributed by atoms with van der Waals surface area (Å²) in [4.78, 5) is 33.8. The maximum absolute atomic E-state index is 13.3. The Kier molecular flexibility index (Phi) is 4.93. The molecule has 1 aromatic carbocycles. The van der Waals surface area contributed by atoms with Crippen molar-refractivity contribution in [2.24, 2.45) is 14.1 Å². The summed E-state index contributed by atoms with van der Waals surface area (Å²) in [7, 11) is 5.06. The molecule has 34 heavy (non-hydrogen) atoms. The van der Waals surface area contributed by atoms with E-state index in [0.29, 0.717) is 17.1 Å². The Hall–Kier alpha value is -4.47. The van der Waals surface area contributed by atoms with Gasteiger partial charge >= 0.3 is 5.69 Å². The molecule has 0 spiro atoms. The van der Waals surface area contributed by atoms with Crippen LogP contribution < -0.4 is 15.7 Å². The highest BCUT2D eigenvalue weighted by atomic mass is 16.5. The molecule has 1 N–H and O–H groups in total. The molecule has 0 aliphatic heterocycles. The molecule has 4 aromatic heterocycles. The summed E-state index contributed by atoms with van der Waals surface area (Å²) in [6, 6.07) is 7.63. The van der Waals surface area contributed by atoms with Crippen LogP contribution in [-0.2, 0) is 18.9 Å². The molecular formula is C24H23N7O3. The molecule has 0 radical (unpaired) electrons. The molecule has 0 atom stereocenters. The number of amides is 1. The first-order chi connectivity index (χ1) is 16.3. The lowest BCUT2D eigenvalue weighted by atomic mass is 10.0. The third kappa shape index (κ3) is 3.31. The molecule has 10 heteroatoms. The molecule has 5 rings (SSSR count). The van der Waals surface area contributed by atoms with Gasteiger partial charge < -0.3 is 10.1 Å². The quantitative estimate of drug-likeness (QED) is 0.444. The minimum absolute atomic E-state index is 0.176. The van der Waals surface area contributed by atoms with Gasteiger partial charge in [0.05, 0.1) is 41.2 Å². The largest absolute Gasteiger partial charge is 0.480 e. The lowest BCUT2D eigenvalue weighted by Gasteiger charge is -2.11. The normalized spacial score (nSPS) is 11.3. The lowest BCUT2D eigenvalue weighted by molar-refractivity contribution is -0.114. The van der Waals surface area contributed by atoms with Crippen LogP contribution in [0.2, 0.25) is 0 Å². The van der Waals surface area contributed by atoms with E-state index < -0.39 is 0 Å². The van der Waals surface area contributed by atoms with E-state index >= 15 is 0 Å². The van der Waals surface area contributed by atoms with Gasteiger partial charge in [-0.15, -0.1) is 0 Å². The zero-order valence-corrected chi connectivity index (χ0v) is 19.4. The Balaban J connectivity index is 1.79. The van der Waals surface area contributed by atoms with Gasteiger partial charge in [0, 0.05) is 44.4 Å². The van der Waals surface area contributed by atoms with Gasteiger partial charge in [-0.25, -0.2) is 9.78 Å². The van der Waals surface area contributed by atoms with Gasteiger partial charge in [-0.05, 0) is 30.7 Å². The second kappa shape index (κ2) is 7.84. The van der Waals surface area contributed by atoms with Gasteiger partial charge in [-0.3, -0.25) is 23.6 Å². The van der Waals surface area contributed by atoms with Crippen LogP contribution >= 0.6 is 0 Å². The summed E-state index contributed by atoms with van der Waals surface area (Å²) in [5, 5.41) is 7.98. The molecular weight excluding hydrogens is 434 g/mol. The number of ether oxygens (including phenoxy) is 1. The van der Waals surface area contributed by atoms with E-state index in [9.17, 15) is 9.59 Å². The predicted molar refractivity (Wildman–Crippen MR) is 129 cm³/mol. The smallest absolute Gasteiger partial charge is 0.333 e. The highest BCUT2D eigenvalue weighted by Crippen LogP contribution is 2.32. The molecule has 0 fully saturated rings. The monoisotopic (exact) mass is 457 g/mol. The number of methoxy groups -OCH3 is 1. The molecule has 0 aliphatic rings. The van der Waals surface area contributed by atoms with Crippen molar-refractivity contribution in [2.45, 2.75) is 13.8 Å². The molecule has 0 saturated heterocycles. The minimum Gasteiger partial charge on any atom is -0.480 e. The maximum Gasteiger partial charge on any atom is 0.333 e. The Labute approximate surface area is 194 Å². The van der Waals surface area contributed by atoms with Gasteiger partial charge in [0.25, 0.3) is 0 Å². The van der Waals surface area contributed by atoms with Gasteiger partial charge in [0.15, 0.2) is 0 Å². The van der Waals surface area contributed by atoms with Crippen molar-refractivity contribution < 1.29 is 9.53 Å². The van der Waals surface area contributed by atoms with Gasteiger partial charge in [-0.2, -0.15) is 5.10 Å². The third-order valence-electron chi connectivity index (χ3n) is 5.80. The molecule has 172 valence electrons. The number of carbonyl (C=O) groups is 1. The minimum atomic E-state index is -0.221. The number of hydrogen-bond donors (Lipinski definition) is 1. The summed E-state index contributed by atoms with van der Waals surface area (Å²) in [6.07, 6.45) is 5.23. The fraction of sp³-hybridized carbons (Fsp3) is 0.208. The number of aryl methyl sites for hydroxylation is 3. The van der Waals surface area contributed by atoms with Crippen LogP contribution in [0.25, 0.3) is 38.8 Å². The molecule has 5 aromatic rings. The molecule has 0 aliphatic carbocycles. The van der Waals surface area contributed by atoms with Gasteiger partial charge in [0.2, 0.25) is 11.8 Å². The Morgan fingerprint density at radius 3 is 2.56 bits per heavy atom. The van der Waals surface area contributed by atoms with Crippen molar-refractivity contribution in [3.05, 3.63) is 59.0 Å². The summed E-state index contributed by atoms with van der Waals surface area (Å²) in [5.41, 5.74) is 5.62. The van der Waals surface area contributed by atoms with Crippen LogP contribution in [0, 0.1) is 6.92 Å². The molecule has 0 unspecified atom stereocenters. The highest BCUT2D eigenvalue weighted by molar-refractivity contribution is 6.04. The average molecular weight is 457 g/mol. The number of hydrogen-bond acceptors (Lipinski definition) is 6. The molecule has 10 nitrogen and oxygen atoms in total. The van der Waals surface area contributed by atoms with E-state index in [1.807, 2.05) is 44.4 Å². The summed E-state index contributed by atoms with van der Waals surface area (Å²) in [6.45, 7) is 3.31. The SMILES string of the molecule is COc1ncc(-c2ccc3ncc4c(c3c2)n(-c2cn(C)nc2C)c(=O)n4C)cc1NC(C)=O. The fourth-order valence-electron chi connectivity index (χ4n) is 4.26. The summed E-state index contributed by atoms with van der Waals surface area (Å²) in [5.74, 6) is 0.106. The van der Waals surface area contributed by atoms with Crippen molar-refractivity contribution in [3.63, 3.8) is 0 Å². The van der Waals surface area contributed by atoms with Crippen LogP contribution in [0.4, 0.5) is 5.69 Å². The van der Waals surface area contributed by atoms with Gasteiger partial charge in [0.1, 0.15) is 5.69 Å². The van der Waals surface area contributed by atoms with Crippen molar-refractivity contribution >= 4 is 33.5 Å².